The molecule has 0 heterocycles. The second-order valence-corrected chi connectivity index (χ2v) is 4.20. The van der Waals surface area contributed by atoms with Crippen molar-refractivity contribution in [2.75, 3.05) is 10.8 Å². The molecule has 0 saturated heterocycles. The van der Waals surface area contributed by atoms with Crippen molar-refractivity contribution in [2.24, 2.45) is 5.73 Å². The second kappa shape index (κ2) is 8.53. The number of nitrogens with zero attached hydrogens (tertiary/aromatic N) is 1. The second-order valence-electron chi connectivity index (χ2n) is 3.94. The van der Waals surface area contributed by atoms with E-state index in [4.69, 9.17) is 11.6 Å². The van der Waals surface area contributed by atoms with Gasteiger partial charge in [-0.05, 0) is 26.0 Å². The summed E-state index contributed by atoms with van der Waals surface area (Å²) >= 11 is 5.55. The van der Waals surface area contributed by atoms with Crippen LogP contribution in [0.25, 0.3) is 0 Å². The zero-order valence-corrected chi connectivity index (χ0v) is 11.6. The van der Waals surface area contributed by atoms with Crippen LogP contribution in [0.4, 0.5) is 5.69 Å². The van der Waals surface area contributed by atoms with E-state index in [-0.39, 0.29) is 23.7 Å². The quantitative estimate of drug-likeness (QED) is 0.856. The summed E-state index contributed by atoms with van der Waals surface area (Å²) in [5, 5.41) is 0. The molecule has 1 aromatic carbocycles. The van der Waals surface area contributed by atoms with Gasteiger partial charge in [0.2, 0.25) is 11.8 Å². The third-order valence-electron chi connectivity index (χ3n) is 1.93. The number of anilines is 1. The van der Waals surface area contributed by atoms with Gasteiger partial charge in [0.05, 0.1) is 0 Å². The van der Waals surface area contributed by atoms with Crippen molar-refractivity contribution < 1.29 is 9.59 Å². The summed E-state index contributed by atoms with van der Waals surface area (Å²) in [6, 6.07) is 9.68. The lowest BCUT2D eigenvalue weighted by atomic mass is 10.2. The van der Waals surface area contributed by atoms with E-state index in [1.165, 1.54) is 6.92 Å². The molecular formula is C13H19ClN2O2. The number of primary amides is 1. The van der Waals surface area contributed by atoms with Crippen molar-refractivity contribution in [1.29, 1.82) is 0 Å². The highest BCUT2D eigenvalue weighted by atomic mass is 35.5. The lowest BCUT2D eigenvalue weighted by Gasteiger charge is -2.25. The number of amides is 2. The summed E-state index contributed by atoms with van der Waals surface area (Å²) in [7, 11) is 0. The van der Waals surface area contributed by atoms with Crippen LogP contribution in [0.5, 0.6) is 0 Å². The van der Waals surface area contributed by atoms with Crippen molar-refractivity contribution in [1.82, 2.24) is 0 Å². The summed E-state index contributed by atoms with van der Waals surface area (Å²) in [5.41, 5.74) is 5.37. The highest BCUT2D eigenvalue weighted by Gasteiger charge is 2.17. The largest absolute Gasteiger partial charge is 0.370 e. The van der Waals surface area contributed by atoms with Crippen molar-refractivity contribution in [3.63, 3.8) is 0 Å². The van der Waals surface area contributed by atoms with E-state index in [1.54, 1.807) is 4.90 Å². The minimum atomic E-state index is -0.333. The van der Waals surface area contributed by atoms with Crippen LogP contribution >= 0.6 is 11.6 Å². The van der Waals surface area contributed by atoms with Crippen LogP contribution in [0.15, 0.2) is 30.3 Å². The third-order valence-corrected chi connectivity index (χ3v) is 2.16. The molecule has 0 unspecified atom stereocenters. The van der Waals surface area contributed by atoms with Crippen LogP contribution in [0.3, 0.4) is 0 Å². The van der Waals surface area contributed by atoms with Gasteiger partial charge in [-0.3, -0.25) is 9.59 Å². The third kappa shape index (κ3) is 6.25. The predicted octanol–water partition coefficient (Wildman–Crippen LogP) is 2.16. The van der Waals surface area contributed by atoms with Crippen LogP contribution in [-0.2, 0) is 9.59 Å². The van der Waals surface area contributed by atoms with Crippen molar-refractivity contribution in [3.8, 4) is 0 Å². The highest BCUT2D eigenvalue weighted by Crippen LogP contribution is 2.16. The molecule has 0 radical (unpaired) electrons. The van der Waals surface area contributed by atoms with Crippen LogP contribution in [0.1, 0.15) is 20.8 Å². The normalized spacial score (nSPS) is 9.39. The molecule has 2 amide bonds. The Morgan fingerprint density at radius 3 is 2.06 bits per heavy atom. The summed E-state index contributed by atoms with van der Waals surface area (Å²) in [5.74, 6) is -0.375. The van der Waals surface area contributed by atoms with Crippen LogP contribution in [0.2, 0.25) is 0 Å². The Hall–Kier alpha value is -1.55. The average Bonchev–Trinajstić information content (AvgIpc) is 2.29. The van der Waals surface area contributed by atoms with Gasteiger partial charge >= 0.3 is 0 Å². The van der Waals surface area contributed by atoms with Crippen LogP contribution in [-0.4, -0.2) is 23.7 Å². The molecule has 2 N–H and O–H groups in total. The Morgan fingerprint density at radius 2 is 1.72 bits per heavy atom. The van der Waals surface area contributed by atoms with Gasteiger partial charge in [0.15, 0.2) is 0 Å². The van der Waals surface area contributed by atoms with Crippen molar-refractivity contribution >= 4 is 29.1 Å². The molecule has 4 nitrogen and oxygen atoms in total. The molecule has 100 valence electrons. The van der Waals surface area contributed by atoms with Gasteiger partial charge in [-0.1, -0.05) is 18.2 Å². The Labute approximate surface area is 113 Å². The van der Waals surface area contributed by atoms with Crippen LogP contribution in [0, 0.1) is 0 Å². The monoisotopic (exact) mass is 270 g/mol. The first-order valence-corrected chi connectivity index (χ1v) is 6.12. The number of nitrogens with two attached hydrogens (primary N) is 1. The van der Waals surface area contributed by atoms with Crippen molar-refractivity contribution in [3.05, 3.63) is 30.3 Å². The van der Waals surface area contributed by atoms with E-state index in [0.29, 0.717) is 0 Å². The first-order valence-electron chi connectivity index (χ1n) is 5.59. The Morgan fingerprint density at radius 1 is 1.28 bits per heavy atom. The van der Waals surface area contributed by atoms with E-state index >= 15 is 0 Å². The smallest absolute Gasteiger partial charge is 0.242 e. The maximum Gasteiger partial charge on any atom is 0.242 e. The fourth-order valence-corrected chi connectivity index (χ4v) is 1.51. The summed E-state index contributed by atoms with van der Waals surface area (Å²) in [6.45, 7) is 5.24. The molecule has 0 aliphatic carbocycles. The van der Waals surface area contributed by atoms with Gasteiger partial charge in [-0.15, -0.1) is 11.6 Å². The van der Waals surface area contributed by atoms with E-state index in [2.05, 4.69) is 5.73 Å². The number of rotatable bonds is 3. The molecule has 0 aromatic heterocycles. The number of alkyl halides is 1. The number of benzene rings is 1. The Kier molecular flexibility index (Phi) is 7.79. The van der Waals surface area contributed by atoms with Gasteiger partial charge in [0.25, 0.3) is 0 Å². The Balaban J connectivity index is 0.000000631. The fraction of sp³-hybridized carbons (Fsp3) is 0.385. The van der Waals surface area contributed by atoms with Gasteiger partial charge in [-0.25, -0.2) is 0 Å². The maximum atomic E-state index is 11.5. The van der Waals surface area contributed by atoms with E-state index in [9.17, 15) is 9.59 Å². The lowest BCUT2D eigenvalue weighted by molar-refractivity contribution is -0.117. The Bertz CT molecular complexity index is 376. The number of carbonyl (C=O) groups is 2. The zero-order chi connectivity index (χ0) is 14.1. The zero-order valence-electron chi connectivity index (χ0n) is 10.9. The molecule has 0 spiro atoms. The number of para-hydroxylation sites is 1. The van der Waals surface area contributed by atoms with Gasteiger partial charge in [0, 0.05) is 18.7 Å². The lowest BCUT2D eigenvalue weighted by Crippen LogP contribution is -2.37. The van der Waals surface area contributed by atoms with Gasteiger partial charge < -0.3 is 10.6 Å². The molecule has 0 saturated carbocycles. The molecule has 0 aliphatic heterocycles. The molecule has 0 aliphatic rings. The first-order chi connectivity index (χ1) is 8.40. The number of hydrogen-bond donors (Lipinski definition) is 1. The molecule has 0 fully saturated rings. The molecule has 18 heavy (non-hydrogen) atoms. The summed E-state index contributed by atoms with van der Waals surface area (Å²) < 4.78 is 0. The maximum absolute atomic E-state index is 11.5. The number of carbonyl (C=O) groups excluding carboxylic acids is 2. The molecule has 1 aromatic rings. The first kappa shape index (κ1) is 16.4. The minimum Gasteiger partial charge on any atom is -0.370 e. The topological polar surface area (TPSA) is 63.4 Å². The molecular weight excluding hydrogens is 252 g/mol. The predicted molar refractivity (Wildman–Crippen MR) is 74.7 cm³/mol. The van der Waals surface area contributed by atoms with Gasteiger partial charge in [-0.2, -0.15) is 0 Å². The molecule has 1 rings (SSSR count). The molecule has 0 atom stereocenters. The van der Waals surface area contributed by atoms with Crippen LogP contribution < -0.4 is 10.6 Å². The fourth-order valence-electron chi connectivity index (χ4n) is 1.38. The summed E-state index contributed by atoms with van der Waals surface area (Å²) in [6.07, 6.45) is 0. The van der Waals surface area contributed by atoms with E-state index in [1.807, 2.05) is 44.2 Å². The van der Waals surface area contributed by atoms with Gasteiger partial charge in [0.1, 0.15) is 5.88 Å². The highest BCUT2D eigenvalue weighted by molar-refractivity contribution is 6.29. The minimum absolute atomic E-state index is 0.0209. The molecule has 0 bridgehead atoms. The number of hydrogen-bond acceptors (Lipinski definition) is 2. The van der Waals surface area contributed by atoms with E-state index in [0.717, 1.165) is 5.69 Å². The van der Waals surface area contributed by atoms with E-state index < -0.39 is 0 Å². The average molecular weight is 271 g/mol. The number of halogens is 1. The van der Waals surface area contributed by atoms with Crippen molar-refractivity contribution in [2.45, 2.75) is 26.8 Å². The SMILES string of the molecule is CC(C)N(C(=O)CCl)c1ccccc1.CC(N)=O. The molecule has 5 heteroatoms. The standard InChI is InChI=1S/C11H14ClNO.C2H5NO/c1-9(2)13(11(14)8-12)10-6-4-3-5-7-10;1-2(3)4/h3-7,9H,8H2,1-2H3;1H3,(H2,3,4). The summed E-state index contributed by atoms with van der Waals surface area (Å²) in [4.78, 5) is 22.5.